The first-order valence-electron chi connectivity index (χ1n) is 7.66. The van der Waals surface area contributed by atoms with E-state index in [9.17, 15) is 4.79 Å². The van der Waals surface area contributed by atoms with Gasteiger partial charge >= 0.3 is 0 Å². The van der Waals surface area contributed by atoms with Crippen molar-refractivity contribution in [2.24, 2.45) is 11.1 Å². The molecule has 0 aliphatic carbocycles. The number of halogens is 3. The molecule has 3 N–H and O–H groups in total. The molecule has 0 bridgehead atoms. The van der Waals surface area contributed by atoms with Gasteiger partial charge in [-0.1, -0.05) is 38.4 Å². The van der Waals surface area contributed by atoms with Crippen molar-refractivity contribution in [3.63, 3.8) is 0 Å². The molecule has 1 amide bonds. The van der Waals surface area contributed by atoms with E-state index in [4.69, 9.17) is 22.1 Å². The normalized spacial score (nSPS) is 11.6. The Labute approximate surface area is 171 Å². The van der Waals surface area contributed by atoms with Crippen molar-refractivity contribution in [3.05, 3.63) is 53.3 Å². The fraction of sp³-hybridized carbons (Fsp3) is 0.333. The van der Waals surface area contributed by atoms with Gasteiger partial charge in [-0.05, 0) is 35.7 Å². The molecule has 1 aromatic carbocycles. The quantitative estimate of drug-likeness (QED) is 0.748. The molecule has 0 radical (unpaired) electrons. The number of nitrogens with zero attached hydrogens (tertiary/aromatic N) is 1. The zero-order valence-corrected chi connectivity index (χ0v) is 17.3. The summed E-state index contributed by atoms with van der Waals surface area (Å²) in [5.41, 5.74) is 7.01. The number of anilines is 1. The van der Waals surface area contributed by atoms with Crippen molar-refractivity contribution in [1.29, 1.82) is 0 Å². The van der Waals surface area contributed by atoms with Crippen LogP contribution >= 0.6 is 36.4 Å². The van der Waals surface area contributed by atoms with Gasteiger partial charge in [0, 0.05) is 11.9 Å². The van der Waals surface area contributed by atoms with Gasteiger partial charge in [-0.15, -0.1) is 24.8 Å². The summed E-state index contributed by atoms with van der Waals surface area (Å²) in [7, 11) is 0. The lowest BCUT2D eigenvalue weighted by molar-refractivity contribution is -0.119. The number of nitrogens with one attached hydrogen (secondary N) is 1. The summed E-state index contributed by atoms with van der Waals surface area (Å²) in [5.74, 6) is 0.279. The number of carbonyl (C=O) groups is 1. The Kier molecular flexibility index (Phi) is 9.96. The van der Waals surface area contributed by atoms with Crippen LogP contribution in [0.5, 0.6) is 5.75 Å². The molecule has 8 heteroatoms. The van der Waals surface area contributed by atoms with Crippen molar-refractivity contribution in [3.8, 4) is 5.75 Å². The molecule has 0 saturated carbocycles. The third kappa shape index (κ3) is 7.00. The van der Waals surface area contributed by atoms with Crippen molar-refractivity contribution in [2.75, 3.05) is 5.32 Å². The second kappa shape index (κ2) is 10.6. The minimum absolute atomic E-state index is 0. The van der Waals surface area contributed by atoms with Crippen molar-refractivity contribution in [1.82, 2.24) is 4.98 Å². The maximum Gasteiger partial charge on any atom is 0.241 e. The maximum atomic E-state index is 12.1. The van der Waals surface area contributed by atoms with Crippen LogP contribution in [0.25, 0.3) is 0 Å². The summed E-state index contributed by atoms with van der Waals surface area (Å²) in [6.07, 6.45) is 1.71. The van der Waals surface area contributed by atoms with Gasteiger partial charge in [0.2, 0.25) is 5.91 Å². The van der Waals surface area contributed by atoms with E-state index in [-0.39, 0.29) is 36.1 Å². The van der Waals surface area contributed by atoms with Crippen LogP contribution < -0.4 is 15.8 Å². The number of amides is 1. The Morgan fingerprint density at radius 1 is 1.27 bits per heavy atom. The molecule has 0 fully saturated rings. The Hall–Kier alpha value is -1.53. The molecular weight excluding hydrogens is 397 g/mol. The second-order valence-electron chi connectivity index (χ2n) is 6.59. The third-order valence-electron chi connectivity index (χ3n) is 3.52. The predicted octanol–water partition coefficient (Wildman–Crippen LogP) is 4.47. The van der Waals surface area contributed by atoms with Crippen LogP contribution in [0.4, 0.5) is 5.69 Å². The summed E-state index contributed by atoms with van der Waals surface area (Å²) in [5, 5.41) is 3.18. The molecule has 1 atom stereocenters. The number of hydrogen-bond acceptors (Lipinski definition) is 4. The smallest absolute Gasteiger partial charge is 0.241 e. The van der Waals surface area contributed by atoms with E-state index in [0.717, 1.165) is 5.69 Å². The molecule has 0 aliphatic heterocycles. The van der Waals surface area contributed by atoms with Crippen LogP contribution in [0.3, 0.4) is 0 Å². The number of carbonyl (C=O) groups excluding carboxylic acids is 1. The predicted molar refractivity (Wildman–Crippen MR) is 111 cm³/mol. The summed E-state index contributed by atoms with van der Waals surface area (Å²) in [6, 6.07) is 10.1. The largest absolute Gasteiger partial charge is 0.486 e. The van der Waals surface area contributed by atoms with Crippen LogP contribution in [0.2, 0.25) is 5.02 Å². The SMILES string of the molecule is CC(C)(C)[C@H](N)C(=O)Nc1ccc(OCc2ccccn2)c(Cl)c1.Cl.Cl. The van der Waals surface area contributed by atoms with E-state index in [0.29, 0.717) is 23.1 Å². The molecule has 0 aliphatic rings. The van der Waals surface area contributed by atoms with Gasteiger partial charge in [0.15, 0.2) is 0 Å². The van der Waals surface area contributed by atoms with E-state index in [1.54, 1.807) is 24.4 Å². The summed E-state index contributed by atoms with van der Waals surface area (Å²) < 4.78 is 5.65. The number of hydrogen-bond donors (Lipinski definition) is 2. The fourth-order valence-corrected chi connectivity index (χ4v) is 2.18. The van der Waals surface area contributed by atoms with E-state index >= 15 is 0 Å². The molecule has 0 saturated heterocycles. The Morgan fingerprint density at radius 3 is 2.50 bits per heavy atom. The highest BCUT2D eigenvalue weighted by atomic mass is 35.5. The van der Waals surface area contributed by atoms with Crippen molar-refractivity contribution in [2.45, 2.75) is 33.4 Å². The average Bonchev–Trinajstić information content (AvgIpc) is 2.53. The number of ether oxygens (including phenoxy) is 1. The molecule has 2 rings (SSSR count). The lowest BCUT2D eigenvalue weighted by Gasteiger charge is -2.25. The molecule has 1 heterocycles. The highest BCUT2D eigenvalue weighted by Crippen LogP contribution is 2.29. The van der Waals surface area contributed by atoms with E-state index in [1.807, 2.05) is 39.0 Å². The van der Waals surface area contributed by atoms with Crippen LogP contribution in [-0.2, 0) is 11.4 Å². The molecule has 5 nitrogen and oxygen atoms in total. The first kappa shape index (κ1) is 24.5. The van der Waals surface area contributed by atoms with Crippen LogP contribution in [0.15, 0.2) is 42.6 Å². The standard InChI is InChI=1S/C18H22ClN3O2.2ClH/c1-18(2,3)16(20)17(23)22-12-7-8-15(14(19)10-12)24-11-13-6-4-5-9-21-13;;/h4-10,16H,11,20H2,1-3H3,(H,22,23);2*1H/t16-;;/m1../s1. The van der Waals surface area contributed by atoms with E-state index in [1.165, 1.54) is 0 Å². The monoisotopic (exact) mass is 419 g/mol. The molecule has 26 heavy (non-hydrogen) atoms. The number of nitrogens with two attached hydrogens (primary N) is 1. The summed E-state index contributed by atoms with van der Waals surface area (Å²) in [6.45, 7) is 6.07. The molecular formula is C18H24Cl3N3O2. The minimum atomic E-state index is -0.614. The topological polar surface area (TPSA) is 77.2 Å². The number of benzene rings is 1. The maximum absolute atomic E-state index is 12.1. The zero-order chi connectivity index (χ0) is 17.7. The average molecular weight is 421 g/mol. The van der Waals surface area contributed by atoms with Gasteiger partial charge in [0.05, 0.1) is 16.8 Å². The highest BCUT2D eigenvalue weighted by molar-refractivity contribution is 6.32. The number of rotatable bonds is 5. The highest BCUT2D eigenvalue weighted by Gasteiger charge is 2.27. The molecule has 144 valence electrons. The van der Waals surface area contributed by atoms with Crippen molar-refractivity contribution >= 4 is 48.0 Å². The lowest BCUT2D eigenvalue weighted by Crippen LogP contribution is -2.45. The first-order valence-corrected chi connectivity index (χ1v) is 8.04. The molecule has 0 unspecified atom stereocenters. The molecule has 0 spiro atoms. The first-order chi connectivity index (χ1) is 11.3. The van der Waals surface area contributed by atoms with Gasteiger partial charge < -0.3 is 15.8 Å². The van der Waals surface area contributed by atoms with Gasteiger partial charge in [-0.2, -0.15) is 0 Å². The Balaban J connectivity index is 0.00000312. The van der Waals surface area contributed by atoms with Crippen molar-refractivity contribution < 1.29 is 9.53 Å². The Morgan fingerprint density at radius 2 is 1.96 bits per heavy atom. The third-order valence-corrected chi connectivity index (χ3v) is 3.81. The lowest BCUT2D eigenvalue weighted by atomic mass is 9.87. The van der Waals surface area contributed by atoms with E-state index in [2.05, 4.69) is 10.3 Å². The van der Waals surface area contributed by atoms with E-state index < -0.39 is 6.04 Å². The van der Waals surface area contributed by atoms with Crippen LogP contribution in [-0.4, -0.2) is 16.9 Å². The van der Waals surface area contributed by atoms with Gasteiger partial charge in [0.25, 0.3) is 0 Å². The number of aromatic nitrogens is 1. The summed E-state index contributed by atoms with van der Waals surface area (Å²) >= 11 is 6.22. The minimum Gasteiger partial charge on any atom is -0.486 e. The van der Waals surface area contributed by atoms with Gasteiger partial charge in [-0.3, -0.25) is 9.78 Å². The van der Waals surface area contributed by atoms with Crippen LogP contribution in [0, 0.1) is 5.41 Å². The molecule has 1 aromatic heterocycles. The number of pyridine rings is 1. The second-order valence-corrected chi connectivity index (χ2v) is 7.00. The van der Waals surface area contributed by atoms with Gasteiger partial charge in [-0.25, -0.2) is 0 Å². The fourth-order valence-electron chi connectivity index (χ4n) is 1.94. The zero-order valence-electron chi connectivity index (χ0n) is 14.9. The molecule has 2 aromatic rings. The Bertz CT molecular complexity index is 707. The summed E-state index contributed by atoms with van der Waals surface area (Å²) in [4.78, 5) is 16.3. The van der Waals surface area contributed by atoms with Crippen LogP contribution in [0.1, 0.15) is 26.5 Å². The van der Waals surface area contributed by atoms with Gasteiger partial charge in [0.1, 0.15) is 12.4 Å².